The fourth-order valence-electron chi connectivity index (χ4n) is 4.30. The highest BCUT2D eigenvalue weighted by Crippen LogP contribution is 2.35. The van der Waals surface area contributed by atoms with Crippen molar-refractivity contribution >= 4 is 41.9 Å². The molecule has 4 N–H and O–H groups in total. The molecule has 0 radical (unpaired) electrons. The molecule has 8 nitrogen and oxygen atoms in total. The Bertz CT molecular complexity index is 1130. The van der Waals surface area contributed by atoms with Gasteiger partial charge >= 0.3 is 0 Å². The monoisotopic (exact) mass is 404 g/mol. The van der Waals surface area contributed by atoms with Crippen LogP contribution in [-0.2, 0) is 9.59 Å². The van der Waals surface area contributed by atoms with E-state index in [1.165, 1.54) is 0 Å². The van der Waals surface area contributed by atoms with Gasteiger partial charge in [0, 0.05) is 28.8 Å². The molecule has 1 aromatic heterocycles. The van der Waals surface area contributed by atoms with Crippen molar-refractivity contribution in [2.45, 2.75) is 31.8 Å². The van der Waals surface area contributed by atoms with Crippen molar-refractivity contribution in [3.63, 3.8) is 0 Å². The number of nitrogens with zero attached hydrogens (tertiary/aromatic N) is 3. The summed E-state index contributed by atoms with van der Waals surface area (Å²) in [6.07, 6.45) is 5.69. The van der Waals surface area contributed by atoms with Crippen LogP contribution in [0.2, 0.25) is 0 Å². The van der Waals surface area contributed by atoms with Gasteiger partial charge in [0.05, 0.1) is 18.3 Å². The highest BCUT2D eigenvalue weighted by atomic mass is 16.2. The molecule has 2 aliphatic rings. The number of aromatic nitrogens is 1. The van der Waals surface area contributed by atoms with Crippen molar-refractivity contribution in [2.75, 3.05) is 17.2 Å². The number of hydrogen-bond acceptors (Lipinski definition) is 6. The first-order valence-electron chi connectivity index (χ1n) is 9.86. The number of carbonyl (C=O) groups is 2. The summed E-state index contributed by atoms with van der Waals surface area (Å²) in [5.74, 6) is 0.898. The number of aliphatic imine (C=N–C) groups is 1. The van der Waals surface area contributed by atoms with Crippen LogP contribution >= 0.6 is 0 Å². The van der Waals surface area contributed by atoms with Gasteiger partial charge in [-0.2, -0.15) is 0 Å². The van der Waals surface area contributed by atoms with Gasteiger partial charge in [0.25, 0.3) is 0 Å². The van der Waals surface area contributed by atoms with E-state index in [4.69, 9.17) is 5.73 Å². The summed E-state index contributed by atoms with van der Waals surface area (Å²) in [5.41, 5.74) is 8.17. The molecule has 0 bridgehead atoms. The minimum atomic E-state index is -0.477. The molecule has 4 rings (SSSR count). The maximum Gasteiger partial charge on any atom is 0.247 e. The molecule has 3 atom stereocenters. The Morgan fingerprint density at radius 2 is 2.07 bits per heavy atom. The van der Waals surface area contributed by atoms with E-state index in [2.05, 4.69) is 32.7 Å². The van der Waals surface area contributed by atoms with E-state index in [1.807, 2.05) is 43.0 Å². The maximum absolute atomic E-state index is 12.8. The average Bonchev–Trinajstić information content (AvgIpc) is 3.18. The first-order valence-corrected chi connectivity index (χ1v) is 9.86. The number of anilines is 2. The van der Waals surface area contributed by atoms with Gasteiger partial charge in [-0.3, -0.25) is 14.6 Å². The molecular weight excluding hydrogens is 380 g/mol. The summed E-state index contributed by atoms with van der Waals surface area (Å²) in [4.78, 5) is 34.6. The van der Waals surface area contributed by atoms with Gasteiger partial charge in [-0.1, -0.05) is 36.4 Å². The molecule has 1 saturated heterocycles. The lowest BCUT2D eigenvalue weighted by atomic mass is 9.89. The third-order valence-electron chi connectivity index (χ3n) is 5.70. The summed E-state index contributed by atoms with van der Waals surface area (Å²) in [6, 6.07) is 9.49. The Morgan fingerprint density at radius 1 is 1.30 bits per heavy atom. The Kier molecular flexibility index (Phi) is 5.22. The standard InChI is InChI=1S/C22H24N6O2/c1-3-16-15(9-24-12-29)10-25-20(23)18(16)28-13(2)22(30)27-21-19(28)17(11-26-21)14-7-5-4-6-8-14/h3-10,12-13,17,19H,11,23H2,1-2H3,(H,24,29)(H,26,27,30). The third kappa shape index (κ3) is 3.20. The Morgan fingerprint density at radius 3 is 2.77 bits per heavy atom. The van der Waals surface area contributed by atoms with Crippen LogP contribution in [0, 0.1) is 0 Å². The van der Waals surface area contributed by atoms with E-state index in [1.54, 1.807) is 12.4 Å². The number of hydrogen-bond donors (Lipinski definition) is 3. The first-order chi connectivity index (χ1) is 14.6. The number of nitrogens with two attached hydrogens (primary N) is 1. The lowest BCUT2D eigenvalue weighted by Crippen LogP contribution is -2.64. The second-order valence-electron chi connectivity index (χ2n) is 7.34. The summed E-state index contributed by atoms with van der Waals surface area (Å²) in [7, 11) is 0. The molecule has 1 fully saturated rings. The van der Waals surface area contributed by atoms with Gasteiger partial charge in [0.15, 0.2) is 0 Å². The molecule has 3 heterocycles. The van der Waals surface area contributed by atoms with E-state index in [-0.39, 0.29) is 17.9 Å². The maximum atomic E-state index is 12.8. The first kappa shape index (κ1) is 19.6. The molecule has 0 saturated carbocycles. The van der Waals surface area contributed by atoms with Crippen LogP contribution < -0.4 is 31.7 Å². The quantitative estimate of drug-likeness (QED) is 0.613. The molecule has 2 aliphatic heterocycles. The van der Waals surface area contributed by atoms with Gasteiger partial charge in [0.1, 0.15) is 17.7 Å². The van der Waals surface area contributed by atoms with Crippen molar-refractivity contribution < 1.29 is 9.59 Å². The average molecular weight is 404 g/mol. The smallest absolute Gasteiger partial charge is 0.247 e. The summed E-state index contributed by atoms with van der Waals surface area (Å²) < 4.78 is 0. The third-order valence-corrected chi connectivity index (χ3v) is 5.70. The second-order valence-corrected chi connectivity index (χ2v) is 7.34. The van der Waals surface area contributed by atoms with Gasteiger partial charge in [-0.15, -0.1) is 0 Å². The topological polar surface area (TPSA) is 113 Å². The summed E-state index contributed by atoms with van der Waals surface area (Å²) in [5, 5.41) is 7.04. The number of carbonyl (C=O) groups excluding carboxylic acids is 2. The molecule has 1 aromatic carbocycles. The number of nitrogen functional groups attached to an aromatic ring is 1. The number of amides is 2. The van der Waals surface area contributed by atoms with E-state index >= 15 is 0 Å². The van der Waals surface area contributed by atoms with Gasteiger partial charge in [-0.25, -0.2) is 4.98 Å². The molecular formula is C22H24N6O2. The Balaban J connectivity index is 1.92. The van der Waals surface area contributed by atoms with Crippen LogP contribution in [0.3, 0.4) is 0 Å². The molecule has 154 valence electrons. The van der Waals surface area contributed by atoms with Gasteiger partial charge < -0.3 is 21.3 Å². The highest BCUT2D eigenvalue weighted by molar-refractivity contribution is 6.10. The number of amidine groups is 1. The van der Waals surface area contributed by atoms with Crippen LogP contribution in [0.5, 0.6) is 0 Å². The summed E-state index contributed by atoms with van der Waals surface area (Å²) >= 11 is 0. The zero-order valence-corrected chi connectivity index (χ0v) is 16.9. The zero-order chi connectivity index (χ0) is 21.3. The van der Waals surface area contributed by atoms with Crippen molar-refractivity contribution in [1.82, 2.24) is 15.6 Å². The second kappa shape index (κ2) is 7.98. The molecule has 2 amide bonds. The molecule has 30 heavy (non-hydrogen) atoms. The van der Waals surface area contributed by atoms with Crippen molar-refractivity contribution in [1.29, 1.82) is 0 Å². The fraction of sp³-hybridized carbons (Fsp3) is 0.273. The van der Waals surface area contributed by atoms with Crippen LogP contribution in [0.25, 0.3) is 12.3 Å². The number of pyridine rings is 1. The van der Waals surface area contributed by atoms with Crippen LogP contribution in [-0.4, -0.2) is 41.8 Å². The number of fused-ring (bicyclic) bond motifs is 1. The van der Waals surface area contributed by atoms with E-state index in [9.17, 15) is 9.59 Å². The minimum absolute atomic E-state index is 0.0640. The van der Waals surface area contributed by atoms with Crippen molar-refractivity contribution in [3.8, 4) is 0 Å². The Labute approximate surface area is 174 Å². The molecule has 2 aromatic rings. The predicted molar refractivity (Wildman–Crippen MR) is 117 cm³/mol. The Hall–Kier alpha value is -3.68. The molecule has 3 unspecified atom stereocenters. The van der Waals surface area contributed by atoms with Gasteiger partial charge in [-0.05, 0) is 19.4 Å². The van der Waals surface area contributed by atoms with E-state index in [0.717, 1.165) is 10.8 Å². The largest absolute Gasteiger partial charge is 0.382 e. The molecule has 8 heteroatoms. The SMILES string of the molecule is CC=c1c(N2C(C)C(=O)NC3=NCC(c4ccccc4)C32)c(N)ncc1=CNC=O. The van der Waals surface area contributed by atoms with E-state index in [0.29, 0.717) is 35.5 Å². The zero-order valence-electron chi connectivity index (χ0n) is 16.9. The highest BCUT2D eigenvalue weighted by Gasteiger charge is 2.46. The van der Waals surface area contributed by atoms with Crippen molar-refractivity contribution in [3.05, 3.63) is 52.5 Å². The normalized spacial score (nSPS) is 24.3. The number of rotatable bonds is 4. The van der Waals surface area contributed by atoms with Crippen molar-refractivity contribution in [2.24, 2.45) is 4.99 Å². The number of piperazine rings is 1. The van der Waals surface area contributed by atoms with E-state index < -0.39 is 6.04 Å². The number of benzene rings is 1. The minimum Gasteiger partial charge on any atom is -0.382 e. The van der Waals surface area contributed by atoms with Crippen LogP contribution in [0.15, 0.2) is 41.5 Å². The van der Waals surface area contributed by atoms with Gasteiger partial charge in [0.2, 0.25) is 12.3 Å². The lowest BCUT2D eigenvalue weighted by molar-refractivity contribution is -0.121. The van der Waals surface area contributed by atoms with Crippen LogP contribution in [0.1, 0.15) is 25.3 Å². The molecule has 0 spiro atoms. The predicted octanol–water partition coefficient (Wildman–Crippen LogP) is -0.163. The lowest BCUT2D eigenvalue weighted by Gasteiger charge is -2.43. The fourth-order valence-corrected chi connectivity index (χ4v) is 4.30. The molecule has 0 aliphatic carbocycles. The van der Waals surface area contributed by atoms with Crippen LogP contribution in [0.4, 0.5) is 11.5 Å². The summed E-state index contributed by atoms with van der Waals surface area (Å²) in [6.45, 7) is 4.32. The number of nitrogens with one attached hydrogen (secondary N) is 2.